The Kier molecular flexibility index (Phi) is 9.74. The zero-order valence-electron chi connectivity index (χ0n) is 27.9. The Hall–Kier alpha value is -5.72. The van der Waals surface area contributed by atoms with E-state index in [2.05, 4.69) is 19.9 Å². The smallest absolute Gasteiger partial charge is 0.303 e. The molecular formula is C36H41N5O8. The van der Waals surface area contributed by atoms with Crippen molar-refractivity contribution in [3.8, 4) is 0 Å². The number of carboxylic acid groups (broad SMARTS) is 4. The van der Waals surface area contributed by atoms with Crippen LogP contribution in [0.1, 0.15) is 93.0 Å². The van der Waals surface area contributed by atoms with Gasteiger partial charge in [-0.25, -0.2) is 0 Å². The van der Waals surface area contributed by atoms with Gasteiger partial charge in [-0.1, -0.05) is 0 Å². The molecule has 258 valence electrons. The average molecular weight is 672 g/mol. The van der Waals surface area contributed by atoms with Gasteiger partial charge in [-0.3, -0.25) is 19.2 Å². The quantitative estimate of drug-likeness (QED) is 0.105. The van der Waals surface area contributed by atoms with Crippen molar-refractivity contribution in [2.75, 3.05) is 0 Å². The van der Waals surface area contributed by atoms with Crippen LogP contribution in [-0.4, -0.2) is 64.2 Å². The first kappa shape index (κ1) is 34.6. The van der Waals surface area contributed by atoms with Crippen LogP contribution in [0.3, 0.4) is 0 Å². The van der Waals surface area contributed by atoms with E-state index in [9.17, 15) is 39.6 Å². The molecular weight excluding hydrogens is 630 g/mol. The van der Waals surface area contributed by atoms with Crippen molar-refractivity contribution in [3.63, 3.8) is 0 Å². The lowest BCUT2D eigenvalue weighted by Crippen LogP contribution is -2.22. The zero-order valence-corrected chi connectivity index (χ0v) is 27.9. The maximum Gasteiger partial charge on any atom is 0.303 e. The number of carbonyl (C=O) groups is 4. The number of rotatable bonds is 12. The minimum Gasteiger partial charge on any atom is -0.481 e. The molecule has 0 spiro atoms. The van der Waals surface area contributed by atoms with Gasteiger partial charge in [0.15, 0.2) is 0 Å². The Morgan fingerprint density at radius 3 is 1.49 bits per heavy atom. The third-order valence-corrected chi connectivity index (χ3v) is 9.49. The lowest BCUT2D eigenvalue weighted by Gasteiger charge is -2.04. The molecule has 0 aromatic carbocycles. The minimum atomic E-state index is -0.961. The average Bonchev–Trinajstić information content (AvgIpc) is 3.69. The molecule has 0 atom stereocenters. The van der Waals surface area contributed by atoms with E-state index in [1.54, 1.807) is 0 Å². The number of H-pyrrole nitrogens is 4. The summed E-state index contributed by atoms with van der Waals surface area (Å²) < 4.78 is 0. The highest BCUT2D eigenvalue weighted by Crippen LogP contribution is 2.25. The minimum absolute atomic E-state index is 0.0922. The van der Waals surface area contributed by atoms with Gasteiger partial charge in [0.1, 0.15) is 0 Å². The molecule has 0 fully saturated rings. The van der Waals surface area contributed by atoms with E-state index in [0.717, 1.165) is 44.5 Å². The van der Waals surface area contributed by atoms with Crippen LogP contribution >= 0.6 is 0 Å². The van der Waals surface area contributed by atoms with Gasteiger partial charge in [-0.2, -0.15) is 0 Å². The Morgan fingerprint density at radius 2 is 0.939 bits per heavy atom. The van der Waals surface area contributed by atoms with Crippen LogP contribution in [0.4, 0.5) is 0 Å². The molecule has 0 aliphatic carbocycles. The van der Waals surface area contributed by atoms with Gasteiger partial charge in [-0.05, 0) is 116 Å². The molecule has 0 unspecified atom stereocenters. The first-order chi connectivity index (χ1) is 23.2. The van der Waals surface area contributed by atoms with Crippen molar-refractivity contribution in [2.45, 2.75) is 79.1 Å². The standard InChI is InChI=1S/C36H41N5O8/c1-16-21(6-10-31(44)45)28-15-26-18(3)23(8-12-33(48)49)36(40-26)34(37)35-19(4)22(7-11-32(46)47)29(41-35)14-25-17(2)20(5-9-30(42)43)27(39-25)13-24(16)38-28/h13-15,38-41H,5-12,37H2,1-4H3,(H,42,43)(H,44,45)(H,46,47)(H,48,49). The Balaban J connectivity index is 1.93. The van der Waals surface area contributed by atoms with E-state index in [1.807, 2.05) is 45.9 Å². The molecule has 0 amide bonds. The molecule has 5 rings (SSSR count). The van der Waals surface area contributed by atoms with Gasteiger partial charge in [0, 0.05) is 58.8 Å². The van der Waals surface area contributed by atoms with E-state index in [0.29, 0.717) is 49.9 Å². The maximum atomic E-state index is 11.7. The van der Waals surface area contributed by atoms with E-state index in [1.165, 1.54) is 0 Å². The molecule has 4 aromatic heterocycles. The van der Waals surface area contributed by atoms with Crippen molar-refractivity contribution in [3.05, 3.63) is 88.7 Å². The second kappa shape index (κ2) is 13.8. The number of fused-ring (bicyclic) bond motifs is 8. The summed E-state index contributed by atoms with van der Waals surface area (Å²) in [5.74, 6) is -3.79. The molecule has 5 heterocycles. The summed E-state index contributed by atoms with van der Waals surface area (Å²) in [6.45, 7) is 7.54. The van der Waals surface area contributed by atoms with Gasteiger partial charge >= 0.3 is 23.9 Å². The molecule has 4 aromatic rings. The fourth-order valence-corrected chi connectivity index (χ4v) is 6.73. The van der Waals surface area contributed by atoms with Crippen molar-refractivity contribution < 1.29 is 39.6 Å². The van der Waals surface area contributed by atoms with Gasteiger partial charge in [-0.15, -0.1) is 0 Å². The van der Waals surface area contributed by atoms with Crippen molar-refractivity contribution in [2.24, 2.45) is 5.73 Å². The van der Waals surface area contributed by atoms with E-state index >= 15 is 0 Å². The Morgan fingerprint density at radius 1 is 0.510 bits per heavy atom. The van der Waals surface area contributed by atoms with Gasteiger partial charge in [0.2, 0.25) is 0 Å². The number of aromatic nitrogens is 4. The molecule has 8 bridgehead atoms. The normalized spacial score (nSPS) is 12.3. The van der Waals surface area contributed by atoms with E-state index in [-0.39, 0.29) is 51.4 Å². The summed E-state index contributed by atoms with van der Waals surface area (Å²) >= 11 is 0. The molecule has 0 saturated carbocycles. The topological polar surface area (TPSA) is 238 Å². The van der Waals surface area contributed by atoms with Crippen molar-refractivity contribution >= 4 is 47.8 Å². The summed E-state index contributed by atoms with van der Waals surface area (Å²) in [6, 6.07) is 0. The SMILES string of the molecule is Cc1c2[nH]c(c1CCC(=O)O)C=c1[nH]c(c(CCC(=O)O)c1C)=C(N)c1[nH]c(c(CCC(=O)O)c1C)C=c1[nH]c(c(CCC(=O)O)c1C)=C2. The zero-order chi connectivity index (χ0) is 35.7. The fourth-order valence-electron chi connectivity index (χ4n) is 6.73. The molecule has 10 N–H and O–H groups in total. The van der Waals surface area contributed by atoms with Crippen molar-refractivity contribution in [1.29, 1.82) is 0 Å². The lowest BCUT2D eigenvalue weighted by molar-refractivity contribution is -0.138. The molecule has 13 heteroatoms. The number of nitrogens with two attached hydrogens (primary N) is 1. The molecule has 1 aliphatic rings. The van der Waals surface area contributed by atoms with Gasteiger partial charge < -0.3 is 46.1 Å². The van der Waals surface area contributed by atoms with Crippen LogP contribution in [0.25, 0.3) is 23.9 Å². The molecule has 13 nitrogen and oxygen atoms in total. The van der Waals surface area contributed by atoms with Crippen LogP contribution < -0.4 is 27.1 Å². The van der Waals surface area contributed by atoms with Gasteiger partial charge in [0.25, 0.3) is 0 Å². The summed E-state index contributed by atoms with van der Waals surface area (Å²) in [6.07, 6.45) is 6.14. The van der Waals surface area contributed by atoms with Crippen molar-refractivity contribution in [1.82, 2.24) is 19.9 Å². The highest BCUT2D eigenvalue weighted by atomic mass is 16.4. The largest absolute Gasteiger partial charge is 0.481 e. The number of aromatic amines is 4. The maximum absolute atomic E-state index is 11.7. The third kappa shape index (κ3) is 7.10. The summed E-state index contributed by atoms with van der Waals surface area (Å²) in [5, 5.41) is 40.7. The number of aliphatic carboxylic acids is 4. The number of nitrogens with one attached hydrogen (secondary N) is 4. The van der Waals surface area contributed by atoms with Gasteiger partial charge in [0.05, 0.1) is 16.7 Å². The van der Waals surface area contributed by atoms with Crippen LogP contribution in [0.2, 0.25) is 0 Å². The predicted octanol–water partition coefficient (Wildman–Crippen LogP) is 1.22. The number of hydrogen-bond acceptors (Lipinski definition) is 5. The molecule has 0 radical (unpaired) electrons. The lowest BCUT2D eigenvalue weighted by atomic mass is 10.0. The Labute approximate surface area is 280 Å². The van der Waals surface area contributed by atoms with Crippen LogP contribution in [0, 0.1) is 27.7 Å². The third-order valence-electron chi connectivity index (χ3n) is 9.49. The van der Waals surface area contributed by atoms with Crippen LogP contribution in [0.5, 0.6) is 0 Å². The summed E-state index contributed by atoms with van der Waals surface area (Å²) in [7, 11) is 0. The predicted molar refractivity (Wildman–Crippen MR) is 182 cm³/mol. The van der Waals surface area contributed by atoms with E-state index < -0.39 is 23.9 Å². The summed E-state index contributed by atoms with van der Waals surface area (Å²) in [5.41, 5.74) is 16.1. The monoisotopic (exact) mass is 671 g/mol. The second-order valence-electron chi connectivity index (χ2n) is 12.6. The highest BCUT2D eigenvalue weighted by molar-refractivity contribution is 5.73. The molecule has 0 saturated heterocycles. The fraction of sp³-hybridized carbons (Fsp3) is 0.333. The highest BCUT2D eigenvalue weighted by Gasteiger charge is 2.21. The first-order valence-corrected chi connectivity index (χ1v) is 16.1. The van der Waals surface area contributed by atoms with Crippen LogP contribution in [-0.2, 0) is 44.9 Å². The number of hydrogen-bond donors (Lipinski definition) is 9. The molecule has 1 aliphatic heterocycles. The first-order valence-electron chi connectivity index (χ1n) is 16.1. The number of carboxylic acids is 4. The second-order valence-corrected chi connectivity index (χ2v) is 12.6. The van der Waals surface area contributed by atoms with E-state index in [4.69, 9.17) is 5.73 Å². The Bertz CT molecular complexity index is 2260. The van der Waals surface area contributed by atoms with Crippen LogP contribution in [0.15, 0.2) is 0 Å². The molecule has 49 heavy (non-hydrogen) atoms. The summed E-state index contributed by atoms with van der Waals surface area (Å²) in [4.78, 5) is 60.3.